The van der Waals surface area contributed by atoms with Gasteiger partial charge in [0, 0.05) is 11.1 Å². The molecule has 5 aromatic rings. The summed E-state index contributed by atoms with van der Waals surface area (Å²) in [5.74, 6) is 1.80. The first-order valence-electron chi connectivity index (χ1n) is 18.1. The van der Waals surface area contributed by atoms with Gasteiger partial charge in [0.15, 0.2) is 11.5 Å². The number of rotatable bonds is 12. The third-order valence-electron chi connectivity index (χ3n) is 10.6. The standard InChI is InChI=1S/C45H49NO/c1-5-7-9-14-26-45(27-15-10-8-6-2)39-28-32(3)18-22-37(39)38-23-20-34(30-40(38)45)35-21-25-42-44(31-35)47-43-29-33(4)19-24-41(43)46(42)36-16-12-11-13-17-36/h11-13,16-25,28-31H,5-10,14-15,26-27H2,1-4H3. The van der Waals surface area contributed by atoms with Gasteiger partial charge in [0.05, 0.1) is 11.4 Å². The van der Waals surface area contributed by atoms with E-state index in [9.17, 15) is 0 Å². The average Bonchev–Trinajstić information content (AvgIpc) is 3.35. The van der Waals surface area contributed by atoms with E-state index in [1.54, 1.807) is 5.56 Å². The molecule has 0 saturated heterocycles. The van der Waals surface area contributed by atoms with E-state index in [0.717, 1.165) is 28.6 Å². The molecule has 2 heteroatoms. The molecular formula is C45H49NO. The summed E-state index contributed by atoms with van der Waals surface area (Å²) in [5, 5.41) is 0. The van der Waals surface area contributed by atoms with Crippen molar-refractivity contribution in [2.75, 3.05) is 4.90 Å². The smallest absolute Gasteiger partial charge is 0.152 e. The van der Waals surface area contributed by atoms with Crippen LogP contribution in [0.25, 0.3) is 22.3 Å². The molecule has 0 fully saturated rings. The Labute approximate surface area is 282 Å². The lowest BCUT2D eigenvalue weighted by molar-refractivity contribution is 0.401. The maximum atomic E-state index is 6.68. The molecule has 2 nitrogen and oxygen atoms in total. The molecule has 0 amide bonds. The summed E-state index contributed by atoms with van der Waals surface area (Å²) in [6.45, 7) is 9.03. The van der Waals surface area contributed by atoms with Crippen LogP contribution >= 0.6 is 0 Å². The van der Waals surface area contributed by atoms with Crippen molar-refractivity contribution in [2.45, 2.75) is 97.3 Å². The van der Waals surface area contributed by atoms with Gasteiger partial charge in [0.1, 0.15) is 0 Å². The summed E-state index contributed by atoms with van der Waals surface area (Å²) in [4.78, 5) is 2.33. The van der Waals surface area contributed by atoms with E-state index in [1.807, 2.05) is 0 Å². The van der Waals surface area contributed by atoms with E-state index in [0.29, 0.717) is 0 Å². The Balaban J connectivity index is 1.32. The number of unbranched alkanes of at least 4 members (excludes halogenated alkanes) is 6. The Morgan fingerprint density at radius 3 is 1.79 bits per heavy atom. The van der Waals surface area contributed by atoms with Crippen molar-refractivity contribution in [3.8, 4) is 33.8 Å². The van der Waals surface area contributed by atoms with Crippen molar-refractivity contribution in [1.82, 2.24) is 0 Å². The fourth-order valence-corrected chi connectivity index (χ4v) is 8.11. The summed E-state index contributed by atoms with van der Waals surface area (Å²) in [6.07, 6.45) is 12.8. The zero-order valence-electron chi connectivity index (χ0n) is 28.7. The van der Waals surface area contributed by atoms with Gasteiger partial charge in [-0.3, -0.25) is 0 Å². The van der Waals surface area contributed by atoms with E-state index in [-0.39, 0.29) is 5.41 Å². The third kappa shape index (κ3) is 5.88. The number of hydrogen-bond donors (Lipinski definition) is 0. The molecule has 0 N–H and O–H groups in total. The second-order valence-electron chi connectivity index (χ2n) is 13.9. The van der Waals surface area contributed by atoms with E-state index < -0.39 is 0 Å². The molecule has 1 heterocycles. The minimum atomic E-state index is 0.0689. The molecule has 2 aliphatic rings. The molecule has 1 aliphatic heterocycles. The molecule has 7 rings (SSSR count). The number of anilines is 3. The zero-order chi connectivity index (χ0) is 32.4. The second kappa shape index (κ2) is 13.4. The number of benzene rings is 5. The Morgan fingerprint density at radius 1 is 0.532 bits per heavy atom. The van der Waals surface area contributed by atoms with Crippen molar-refractivity contribution in [3.05, 3.63) is 125 Å². The highest BCUT2D eigenvalue weighted by Crippen LogP contribution is 2.56. The molecular weight excluding hydrogens is 571 g/mol. The number of nitrogens with zero attached hydrogens (tertiary/aromatic N) is 1. The average molecular weight is 620 g/mol. The maximum absolute atomic E-state index is 6.68. The summed E-state index contributed by atoms with van der Waals surface area (Å²) in [7, 11) is 0. The van der Waals surface area contributed by atoms with E-state index >= 15 is 0 Å². The van der Waals surface area contributed by atoms with Gasteiger partial charge in [-0.25, -0.2) is 0 Å². The SMILES string of the molecule is CCCCCCC1(CCCCCC)c2cc(C)ccc2-c2ccc(-c3ccc4c(c3)Oc3cc(C)ccc3N4c3ccccc3)cc21. The van der Waals surface area contributed by atoms with Crippen LogP contribution in [0, 0.1) is 13.8 Å². The first kappa shape index (κ1) is 31.3. The number of ether oxygens (including phenoxy) is 1. The Kier molecular flexibility index (Phi) is 8.95. The van der Waals surface area contributed by atoms with Gasteiger partial charge in [-0.1, -0.05) is 131 Å². The van der Waals surface area contributed by atoms with Gasteiger partial charge in [0.2, 0.25) is 0 Å². The minimum Gasteiger partial charge on any atom is -0.453 e. The van der Waals surface area contributed by atoms with Gasteiger partial charge >= 0.3 is 0 Å². The van der Waals surface area contributed by atoms with Crippen LogP contribution in [0.5, 0.6) is 11.5 Å². The molecule has 0 saturated carbocycles. The largest absolute Gasteiger partial charge is 0.453 e. The van der Waals surface area contributed by atoms with Crippen LogP contribution in [0.15, 0.2) is 103 Å². The molecule has 47 heavy (non-hydrogen) atoms. The van der Waals surface area contributed by atoms with Crippen LogP contribution < -0.4 is 9.64 Å². The number of aryl methyl sites for hydroxylation is 2. The molecule has 0 spiro atoms. The first-order valence-corrected chi connectivity index (χ1v) is 18.1. The Bertz CT molecular complexity index is 1860. The van der Waals surface area contributed by atoms with Crippen molar-refractivity contribution < 1.29 is 4.74 Å². The van der Waals surface area contributed by atoms with Crippen molar-refractivity contribution in [3.63, 3.8) is 0 Å². The van der Waals surface area contributed by atoms with Crippen LogP contribution in [0.1, 0.15) is 100 Å². The lowest BCUT2D eigenvalue weighted by Gasteiger charge is -2.34. The lowest BCUT2D eigenvalue weighted by atomic mass is 9.70. The quantitative estimate of drug-likeness (QED) is 0.126. The molecule has 0 bridgehead atoms. The van der Waals surface area contributed by atoms with Crippen molar-refractivity contribution in [2.24, 2.45) is 0 Å². The summed E-state index contributed by atoms with van der Waals surface area (Å²) in [5.41, 5.74) is 14.4. The summed E-state index contributed by atoms with van der Waals surface area (Å²) in [6, 6.07) is 38.4. The fourth-order valence-electron chi connectivity index (χ4n) is 8.11. The lowest BCUT2D eigenvalue weighted by Crippen LogP contribution is -2.25. The van der Waals surface area contributed by atoms with Crippen molar-refractivity contribution in [1.29, 1.82) is 0 Å². The van der Waals surface area contributed by atoms with Gasteiger partial charge in [-0.15, -0.1) is 0 Å². The molecule has 0 aromatic heterocycles. The molecule has 0 unspecified atom stereocenters. The number of hydrogen-bond acceptors (Lipinski definition) is 2. The maximum Gasteiger partial charge on any atom is 0.152 e. The van der Waals surface area contributed by atoms with E-state index in [1.165, 1.54) is 103 Å². The second-order valence-corrected chi connectivity index (χ2v) is 13.9. The summed E-state index contributed by atoms with van der Waals surface area (Å²) < 4.78 is 6.68. The number of para-hydroxylation sites is 1. The molecule has 5 aromatic carbocycles. The predicted octanol–water partition coefficient (Wildman–Crippen LogP) is 13.8. The van der Waals surface area contributed by atoms with Gasteiger partial charge in [0.25, 0.3) is 0 Å². The molecule has 1 aliphatic carbocycles. The minimum absolute atomic E-state index is 0.0689. The highest BCUT2D eigenvalue weighted by molar-refractivity contribution is 5.89. The fraction of sp³-hybridized carbons (Fsp3) is 0.333. The molecule has 240 valence electrons. The summed E-state index contributed by atoms with van der Waals surface area (Å²) >= 11 is 0. The molecule has 0 radical (unpaired) electrons. The highest BCUT2D eigenvalue weighted by atomic mass is 16.5. The van der Waals surface area contributed by atoms with E-state index in [2.05, 4.69) is 136 Å². The normalized spacial score (nSPS) is 13.8. The predicted molar refractivity (Wildman–Crippen MR) is 200 cm³/mol. The topological polar surface area (TPSA) is 12.5 Å². The molecule has 0 atom stereocenters. The highest BCUT2D eigenvalue weighted by Gasteiger charge is 2.42. The van der Waals surface area contributed by atoms with Crippen LogP contribution in [-0.4, -0.2) is 0 Å². The van der Waals surface area contributed by atoms with Crippen molar-refractivity contribution >= 4 is 17.1 Å². The van der Waals surface area contributed by atoms with Crippen LogP contribution in [0.2, 0.25) is 0 Å². The third-order valence-corrected chi connectivity index (χ3v) is 10.6. The number of fused-ring (bicyclic) bond motifs is 5. The van der Waals surface area contributed by atoms with Crippen LogP contribution in [0.4, 0.5) is 17.1 Å². The van der Waals surface area contributed by atoms with Gasteiger partial charge < -0.3 is 9.64 Å². The Morgan fingerprint density at radius 2 is 1.09 bits per heavy atom. The van der Waals surface area contributed by atoms with Crippen LogP contribution in [-0.2, 0) is 5.41 Å². The monoisotopic (exact) mass is 619 g/mol. The van der Waals surface area contributed by atoms with Gasteiger partial charge in [-0.2, -0.15) is 0 Å². The Hall–Kier alpha value is -4.30. The van der Waals surface area contributed by atoms with Crippen LogP contribution in [0.3, 0.4) is 0 Å². The van der Waals surface area contributed by atoms with Gasteiger partial charge in [-0.05, 0) is 108 Å². The zero-order valence-corrected chi connectivity index (χ0v) is 28.7. The first-order chi connectivity index (χ1) is 23.0. The van der Waals surface area contributed by atoms with E-state index in [4.69, 9.17) is 4.74 Å².